The zero-order chi connectivity index (χ0) is 18.6. The molecule has 0 unspecified atom stereocenters. The van der Waals surface area contributed by atoms with E-state index >= 15 is 0 Å². The van der Waals surface area contributed by atoms with Crippen LogP contribution in [0.1, 0.15) is 25.1 Å². The van der Waals surface area contributed by atoms with Crippen molar-refractivity contribution in [2.75, 3.05) is 36.8 Å². The predicted molar refractivity (Wildman–Crippen MR) is 109 cm³/mol. The Morgan fingerprint density at radius 3 is 2.67 bits per heavy atom. The summed E-state index contributed by atoms with van der Waals surface area (Å²) in [5.41, 5.74) is 1.05. The average molecular weight is 406 g/mol. The fraction of sp³-hybridized carbons (Fsp3) is 0.526. The van der Waals surface area contributed by atoms with E-state index in [0.29, 0.717) is 5.75 Å². The first-order chi connectivity index (χ1) is 13.2. The lowest BCUT2D eigenvalue weighted by atomic mass is 10.2. The summed E-state index contributed by atoms with van der Waals surface area (Å²) >= 11 is 7.81. The smallest absolute Gasteiger partial charge is 0.233 e. The highest BCUT2D eigenvalue weighted by Crippen LogP contribution is 2.26. The van der Waals surface area contributed by atoms with Crippen LogP contribution < -0.4 is 4.90 Å². The van der Waals surface area contributed by atoms with Gasteiger partial charge in [0, 0.05) is 39.1 Å². The number of fused-ring (bicyclic) bond motifs is 1. The number of aryl methyl sites for hydroxylation is 1. The van der Waals surface area contributed by atoms with Crippen LogP contribution in [0, 0.1) is 0 Å². The Morgan fingerprint density at radius 1 is 1.04 bits per heavy atom. The molecule has 0 atom stereocenters. The molecule has 1 aromatic carbocycles. The van der Waals surface area contributed by atoms with Crippen molar-refractivity contribution < 1.29 is 4.79 Å². The number of hydrogen-bond donors (Lipinski definition) is 0. The number of para-hydroxylation sites is 1. The second-order valence-electron chi connectivity index (χ2n) is 6.97. The molecular formula is C19H24ClN5OS. The van der Waals surface area contributed by atoms with Crippen LogP contribution in [0.5, 0.6) is 0 Å². The molecule has 0 radical (unpaired) electrons. The van der Waals surface area contributed by atoms with Gasteiger partial charge in [0.1, 0.15) is 5.82 Å². The highest BCUT2D eigenvalue weighted by atomic mass is 35.5. The zero-order valence-corrected chi connectivity index (χ0v) is 16.9. The first kappa shape index (κ1) is 18.6. The minimum atomic E-state index is 0.171. The van der Waals surface area contributed by atoms with E-state index in [-0.39, 0.29) is 5.91 Å². The summed E-state index contributed by atoms with van der Waals surface area (Å²) in [7, 11) is 0. The first-order valence-corrected chi connectivity index (χ1v) is 10.9. The number of thioether (sulfide) groups is 1. The van der Waals surface area contributed by atoms with Crippen LogP contribution in [0.3, 0.4) is 0 Å². The van der Waals surface area contributed by atoms with Gasteiger partial charge in [-0.05, 0) is 25.0 Å². The van der Waals surface area contributed by atoms with E-state index in [1.54, 1.807) is 0 Å². The molecule has 1 fully saturated rings. The SMILES string of the molecule is O=C(CSc1nnc2n1CCCCC2)N1CCN(c2ccccc2Cl)CC1. The second-order valence-corrected chi connectivity index (χ2v) is 8.32. The number of hydrogen-bond acceptors (Lipinski definition) is 5. The Balaban J connectivity index is 1.30. The van der Waals surface area contributed by atoms with Gasteiger partial charge in [0.2, 0.25) is 5.91 Å². The summed E-state index contributed by atoms with van der Waals surface area (Å²) < 4.78 is 2.19. The van der Waals surface area contributed by atoms with Gasteiger partial charge in [-0.25, -0.2) is 0 Å². The standard InChI is InChI=1S/C19H24ClN5OS/c20-15-6-3-4-7-16(15)23-10-12-24(13-11-23)18(26)14-27-19-22-21-17-8-2-1-5-9-25(17)19/h3-4,6-7H,1-2,5,8-14H2. The molecule has 1 amide bonds. The number of rotatable bonds is 4. The lowest BCUT2D eigenvalue weighted by molar-refractivity contribution is -0.128. The molecule has 2 aliphatic heterocycles. The van der Waals surface area contributed by atoms with Gasteiger partial charge in [-0.15, -0.1) is 10.2 Å². The van der Waals surface area contributed by atoms with Crippen LogP contribution in [0.4, 0.5) is 5.69 Å². The van der Waals surface area contributed by atoms with Gasteiger partial charge in [-0.1, -0.05) is 41.9 Å². The molecule has 144 valence electrons. The van der Waals surface area contributed by atoms with E-state index in [0.717, 1.165) is 67.3 Å². The topological polar surface area (TPSA) is 54.3 Å². The normalized spacial score (nSPS) is 17.5. The molecule has 6 nitrogen and oxygen atoms in total. The van der Waals surface area contributed by atoms with E-state index in [1.165, 1.54) is 24.6 Å². The third-order valence-electron chi connectivity index (χ3n) is 5.23. The van der Waals surface area contributed by atoms with Crippen molar-refractivity contribution in [3.63, 3.8) is 0 Å². The molecule has 3 heterocycles. The molecule has 0 spiro atoms. The number of carbonyl (C=O) groups is 1. The van der Waals surface area contributed by atoms with Gasteiger partial charge in [0.25, 0.3) is 0 Å². The number of anilines is 1. The summed E-state index contributed by atoms with van der Waals surface area (Å²) in [4.78, 5) is 16.8. The van der Waals surface area contributed by atoms with Crippen LogP contribution in [-0.2, 0) is 17.8 Å². The molecule has 8 heteroatoms. The Kier molecular flexibility index (Phi) is 5.88. The fourth-order valence-corrected chi connectivity index (χ4v) is 4.83. The molecule has 0 bridgehead atoms. The number of benzene rings is 1. The van der Waals surface area contributed by atoms with Crippen molar-refractivity contribution in [2.45, 2.75) is 37.4 Å². The lowest BCUT2D eigenvalue weighted by Gasteiger charge is -2.36. The third kappa shape index (κ3) is 4.24. The molecule has 0 aliphatic carbocycles. The maximum absolute atomic E-state index is 12.6. The molecular weight excluding hydrogens is 382 g/mol. The highest BCUT2D eigenvalue weighted by Gasteiger charge is 2.23. The van der Waals surface area contributed by atoms with Crippen molar-refractivity contribution in [1.82, 2.24) is 19.7 Å². The van der Waals surface area contributed by atoms with Gasteiger partial charge < -0.3 is 14.4 Å². The minimum Gasteiger partial charge on any atom is -0.367 e. The summed E-state index contributed by atoms with van der Waals surface area (Å²) in [5.74, 6) is 1.66. The Labute approximate surface area is 168 Å². The van der Waals surface area contributed by atoms with Crippen LogP contribution in [0.25, 0.3) is 0 Å². The number of amides is 1. The molecule has 2 aliphatic rings. The summed E-state index contributed by atoms with van der Waals surface area (Å²) in [6, 6.07) is 7.88. The van der Waals surface area contributed by atoms with E-state index in [2.05, 4.69) is 19.7 Å². The van der Waals surface area contributed by atoms with Crippen molar-refractivity contribution in [3.05, 3.63) is 35.1 Å². The quantitative estimate of drug-likeness (QED) is 0.731. The molecule has 1 saturated heterocycles. The number of halogens is 1. The number of carbonyl (C=O) groups excluding carboxylic acids is 1. The third-order valence-corrected chi connectivity index (χ3v) is 6.50. The first-order valence-electron chi connectivity index (χ1n) is 9.54. The zero-order valence-electron chi connectivity index (χ0n) is 15.3. The average Bonchev–Trinajstić information content (AvgIpc) is 2.93. The van der Waals surface area contributed by atoms with Crippen molar-refractivity contribution in [1.29, 1.82) is 0 Å². The largest absolute Gasteiger partial charge is 0.367 e. The molecule has 0 saturated carbocycles. The van der Waals surface area contributed by atoms with E-state index in [9.17, 15) is 4.79 Å². The number of piperazine rings is 1. The van der Waals surface area contributed by atoms with Crippen LogP contribution in [0.2, 0.25) is 5.02 Å². The van der Waals surface area contributed by atoms with Crippen molar-refractivity contribution >= 4 is 35.0 Å². The Hall–Kier alpha value is -1.73. The van der Waals surface area contributed by atoms with Gasteiger partial charge in [0.15, 0.2) is 5.16 Å². The maximum atomic E-state index is 12.6. The second kappa shape index (κ2) is 8.52. The van der Waals surface area contributed by atoms with Crippen LogP contribution in [-0.4, -0.2) is 57.5 Å². The van der Waals surface area contributed by atoms with Gasteiger partial charge in [-0.2, -0.15) is 0 Å². The van der Waals surface area contributed by atoms with Crippen LogP contribution >= 0.6 is 23.4 Å². The molecule has 27 heavy (non-hydrogen) atoms. The fourth-order valence-electron chi connectivity index (χ4n) is 3.69. The number of nitrogens with zero attached hydrogens (tertiary/aromatic N) is 5. The summed E-state index contributed by atoms with van der Waals surface area (Å²) in [5, 5.41) is 10.3. The van der Waals surface area contributed by atoms with E-state index in [4.69, 9.17) is 11.6 Å². The van der Waals surface area contributed by atoms with E-state index in [1.807, 2.05) is 29.2 Å². The van der Waals surface area contributed by atoms with Gasteiger partial charge >= 0.3 is 0 Å². The minimum absolute atomic E-state index is 0.171. The molecule has 1 aromatic heterocycles. The summed E-state index contributed by atoms with van der Waals surface area (Å²) in [6.07, 6.45) is 4.57. The highest BCUT2D eigenvalue weighted by molar-refractivity contribution is 7.99. The monoisotopic (exact) mass is 405 g/mol. The van der Waals surface area contributed by atoms with E-state index < -0.39 is 0 Å². The van der Waals surface area contributed by atoms with Crippen LogP contribution in [0.15, 0.2) is 29.4 Å². The Bertz CT molecular complexity index is 803. The van der Waals surface area contributed by atoms with Crippen molar-refractivity contribution in [2.24, 2.45) is 0 Å². The maximum Gasteiger partial charge on any atom is 0.233 e. The van der Waals surface area contributed by atoms with Gasteiger partial charge in [0.05, 0.1) is 16.5 Å². The number of aromatic nitrogens is 3. The summed E-state index contributed by atoms with van der Waals surface area (Å²) in [6.45, 7) is 4.03. The van der Waals surface area contributed by atoms with Crippen molar-refractivity contribution in [3.8, 4) is 0 Å². The predicted octanol–water partition coefficient (Wildman–Crippen LogP) is 3.10. The Morgan fingerprint density at radius 2 is 1.85 bits per heavy atom. The molecule has 2 aromatic rings. The lowest BCUT2D eigenvalue weighted by Crippen LogP contribution is -2.49. The molecule has 4 rings (SSSR count). The molecule has 0 N–H and O–H groups in total. The van der Waals surface area contributed by atoms with Gasteiger partial charge in [-0.3, -0.25) is 4.79 Å².